The Balaban J connectivity index is 1.73. The molecule has 0 spiro atoms. The van der Waals surface area contributed by atoms with Crippen molar-refractivity contribution in [3.8, 4) is 0 Å². The van der Waals surface area contributed by atoms with Gasteiger partial charge in [-0.2, -0.15) is 0 Å². The Morgan fingerprint density at radius 1 is 1.11 bits per heavy atom. The molecule has 3 rings (SSSR count). The summed E-state index contributed by atoms with van der Waals surface area (Å²) in [6, 6.07) is 9.42. The third-order valence-corrected chi connectivity index (χ3v) is 9.06. The molecule has 3 atom stereocenters. The summed E-state index contributed by atoms with van der Waals surface area (Å²) in [5, 5.41) is 0. The van der Waals surface area contributed by atoms with Crippen molar-refractivity contribution in [3.05, 3.63) is 35.9 Å². The molecular formula is C19H30N2O4S2. The van der Waals surface area contributed by atoms with Crippen molar-refractivity contribution in [2.45, 2.75) is 45.6 Å². The van der Waals surface area contributed by atoms with E-state index in [-0.39, 0.29) is 17.2 Å². The van der Waals surface area contributed by atoms with Crippen LogP contribution in [-0.4, -0.2) is 41.4 Å². The molecule has 2 saturated carbocycles. The van der Waals surface area contributed by atoms with Crippen molar-refractivity contribution < 1.29 is 16.8 Å². The molecule has 2 N–H and O–H groups in total. The van der Waals surface area contributed by atoms with Crippen molar-refractivity contribution >= 4 is 20.0 Å². The summed E-state index contributed by atoms with van der Waals surface area (Å²) in [6.45, 7) is 4.53. The van der Waals surface area contributed by atoms with Crippen LogP contribution in [0.1, 0.15) is 38.7 Å². The second kappa shape index (κ2) is 7.13. The first-order chi connectivity index (χ1) is 12.5. The molecule has 0 aromatic heterocycles. The highest BCUT2D eigenvalue weighted by Crippen LogP contribution is 2.66. The zero-order valence-electron chi connectivity index (χ0n) is 16.2. The molecule has 1 aromatic rings. The number of fused-ring (bicyclic) bond motifs is 2. The second-order valence-electron chi connectivity index (χ2n) is 8.68. The van der Waals surface area contributed by atoms with Crippen molar-refractivity contribution in [1.82, 2.24) is 9.44 Å². The molecule has 0 saturated heterocycles. The fraction of sp³-hybridized carbons (Fsp3) is 0.684. The number of hydrogen-bond acceptors (Lipinski definition) is 4. The van der Waals surface area contributed by atoms with Crippen LogP contribution in [0.4, 0.5) is 0 Å². The van der Waals surface area contributed by atoms with Crippen LogP contribution in [0.5, 0.6) is 0 Å². The predicted octanol–water partition coefficient (Wildman–Crippen LogP) is 1.89. The third-order valence-electron chi connectivity index (χ3n) is 6.81. The van der Waals surface area contributed by atoms with E-state index in [0.29, 0.717) is 25.3 Å². The summed E-state index contributed by atoms with van der Waals surface area (Å²) in [5.41, 5.74) is 0.292. The standard InChI is InChI=1S/C19H30N2O4S2/c1-18(2)16-9-11-19(18,17(13-16)21-26(3,22)23)14-27(24,25)20-12-10-15-7-5-4-6-8-15/h4-8,16-17,20-21H,9-14H2,1-3H3/t16-,17-,19-/m1/s1. The van der Waals surface area contributed by atoms with Gasteiger partial charge in [0.05, 0.1) is 12.0 Å². The van der Waals surface area contributed by atoms with E-state index < -0.39 is 25.5 Å². The van der Waals surface area contributed by atoms with Crippen LogP contribution in [0.25, 0.3) is 0 Å². The van der Waals surface area contributed by atoms with Crippen LogP contribution in [0.2, 0.25) is 0 Å². The molecule has 0 radical (unpaired) electrons. The van der Waals surface area contributed by atoms with E-state index in [0.717, 1.165) is 24.7 Å². The van der Waals surface area contributed by atoms with Crippen LogP contribution in [0.3, 0.4) is 0 Å². The summed E-state index contributed by atoms with van der Waals surface area (Å²) in [7, 11) is -6.92. The van der Waals surface area contributed by atoms with Gasteiger partial charge in [0.2, 0.25) is 20.0 Å². The van der Waals surface area contributed by atoms with Gasteiger partial charge in [-0.15, -0.1) is 0 Å². The maximum atomic E-state index is 12.9. The number of hydrogen-bond donors (Lipinski definition) is 2. The number of sulfonamides is 2. The molecule has 0 heterocycles. The van der Waals surface area contributed by atoms with Gasteiger partial charge in [0.25, 0.3) is 0 Å². The summed E-state index contributed by atoms with van der Waals surface area (Å²) >= 11 is 0. The molecule has 8 heteroatoms. The molecule has 1 aromatic carbocycles. The van der Waals surface area contributed by atoms with Crippen molar-refractivity contribution in [3.63, 3.8) is 0 Å². The lowest BCUT2D eigenvalue weighted by Crippen LogP contribution is -2.53. The first-order valence-corrected chi connectivity index (χ1v) is 13.0. The molecule has 152 valence electrons. The Kier molecular flexibility index (Phi) is 5.49. The lowest BCUT2D eigenvalue weighted by atomic mass is 9.69. The molecule has 2 fully saturated rings. The zero-order chi connectivity index (χ0) is 19.9. The van der Waals surface area contributed by atoms with Gasteiger partial charge in [-0.25, -0.2) is 26.3 Å². The molecular weight excluding hydrogens is 384 g/mol. The highest BCUT2D eigenvalue weighted by Gasteiger charge is 2.65. The summed E-state index contributed by atoms with van der Waals surface area (Å²) in [5.74, 6) is 0.308. The molecule has 6 nitrogen and oxygen atoms in total. The fourth-order valence-electron chi connectivity index (χ4n) is 5.23. The molecule has 2 bridgehead atoms. The van der Waals surface area contributed by atoms with Gasteiger partial charge in [-0.05, 0) is 42.6 Å². The maximum Gasteiger partial charge on any atom is 0.212 e. The summed E-state index contributed by atoms with van der Waals surface area (Å²) < 4.78 is 54.9. The minimum Gasteiger partial charge on any atom is -0.215 e. The van der Waals surface area contributed by atoms with E-state index in [2.05, 4.69) is 23.3 Å². The van der Waals surface area contributed by atoms with Crippen LogP contribution in [0.15, 0.2) is 30.3 Å². The molecule has 0 amide bonds. The predicted molar refractivity (Wildman–Crippen MR) is 107 cm³/mol. The molecule has 27 heavy (non-hydrogen) atoms. The lowest BCUT2D eigenvalue weighted by molar-refractivity contribution is 0.133. The molecule has 2 aliphatic carbocycles. The summed E-state index contributed by atoms with van der Waals surface area (Å²) in [6.07, 6.45) is 4.17. The number of benzene rings is 1. The Hall–Kier alpha value is -0.960. The average Bonchev–Trinajstić information content (AvgIpc) is 2.88. The maximum absolute atomic E-state index is 12.9. The fourth-order valence-corrected chi connectivity index (χ4v) is 7.98. The molecule has 0 aliphatic heterocycles. The van der Waals surface area contributed by atoms with Crippen LogP contribution in [0, 0.1) is 16.7 Å². The van der Waals surface area contributed by atoms with E-state index in [4.69, 9.17) is 0 Å². The minimum absolute atomic E-state index is 0.0362. The first-order valence-electron chi connectivity index (χ1n) is 9.44. The minimum atomic E-state index is -3.52. The van der Waals surface area contributed by atoms with Crippen molar-refractivity contribution in [2.24, 2.45) is 16.7 Å². The van der Waals surface area contributed by atoms with Crippen LogP contribution < -0.4 is 9.44 Å². The van der Waals surface area contributed by atoms with Gasteiger partial charge >= 0.3 is 0 Å². The Labute approximate surface area is 163 Å². The smallest absolute Gasteiger partial charge is 0.212 e. The highest BCUT2D eigenvalue weighted by molar-refractivity contribution is 7.89. The first kappa shape index (κ1) is 20.8. The zero-order valence-corrected chi connectivity index (χ0v) is 17.9. The normalized spacial score (nSPS) is 29.9. The largest absolute Gasteiger partial charge is 0.215 e. The average molecular weight is 415 g/mol. The summed E-state index contributed by atoms with van der Waals surface area (Å²) in [4.78, 5) is 0. The number of rotatable bonds is 8. The van der Waals surface area contributed by atoms with Gasteiger partial charge in [0.1, 0.15) is 0 Å². The molecule has 0 unspecified atom stereocenters. The topological polar surface area (TPSA) is 92.3 Å². The Morgan fingerprint density at radius 3 is 2.37 bits per heavy atom. The Bertz CT molecular complexity index is 882. The van der Waals surface area contributed by atoms with E-state index in [1.54, 1.807) is 0 Å². The highest BCUT2D eigenvalue weighted by atomic mass is 32.2. The van der Waals surface area contributed by atoms with Crippen LogP contribution in [-0.2, 0) is 26.5 Å². The quantitative estimate of drug-likeness (QED) is 0.679. The van der Waals surface area contributed by atoms with E-state index in [1.807, 2.05) is 30.3 Å². The SMILES string of the molecule is CC1(C)[C@@H]2CC[C@@]1(CS(=O)(=O)NCCc1ccccc1)[C@H](NS(C)(=O)=O)C2. The van der Waals surface area contributed by atoms with E-state index >= 15 is 0 Å². The second-order valence-corrected chi connectivity index (χ2v) is 12.3. The Morgan fingerprint density at radius 2 is 1.78 bits per heavy atom. The van der Waals surface area contributed by atoms with Crippen molar-refractivity contribution in [1.29, 1.82) is 0 Å². The van der Waals surface area contributed by atoms with Crippen LogP contribution >= 0.6 is 0 Å². The monoisotopic (exact) mass is 414 g/mol. The van der Waals surface area contributed by atoms with Gasteiger partial charge in [-0.1, -0.05) is 44.2 Å². The third kappa shape index (κ3) is 4.23. The van der Waals surface area contributed by atoms with Gasteiger partial charge < -0.3 is 0 Å². The van der Waals surface area contributed by atoms with Gasteiger partial charge in [-0.3, -0.25) is 0 Å². The van der Waals surface area contributed by atoms with Gasteiger partial charge in [0, 0.05) is 18.0 Å². The van der Waals surface area contributed by atoms with Gasteiger partial charge in [0.15, 0.2) is 0 Å². The number of nitrogens with one attached hydrogen (secondary N) is 2. The van der Waals surface area contributed by atoms with Crippen molar-refractivity contribution in [2.75, 3.05) is 18.6 Å². The van der Waals surface area contributed by atoms with E-state index in [1.165, 1.54) is 0 Å². The lowest BCUT2D eigenvalue weighted by Gasteiger charge is -2.42. The molecule has 2 aliphatic rings. The van der Waals surface area contributed by atoms with E-state index in [9.17, 15) is 16.8 Å².